The number of fused-ring (bicyclic) bond motifs is 1. The Bertz CT molecular complexity index is 835. The topological polar surface area (TPSA) is 33.2 Å². The Labute approximate surface area is 150 Å². The lowest BCUT2D eigenvalue weighted by Crippen LogP contribution is -2.37. The van der Waals surface area contributed by atoms with Crippen LogP contribution in [0.1, 0.15) is 43.9 Å². The van der Waals surface area contributed by atoms with Crippen LogP contribution in [0.3, 0.4) is 0 Å². The minimum absolute atomic E-state index is 0.193. The molecule has 24 heavy (non-hydrogen) atoms. The van der Waals surface area contributed by atoms with Crippen LogP contribution < -0.4 is 0 Å². The molecule has 0 bridgehead atoms. The molecule has 1 amide bonds. The zero-order valence-corrected chi connectivity index (χ0v) is 15.5. The second-order valence-electron chi connectivity index (χ2n) is 6.44. The number of nitrogens with zero attached hydrogens (tertiary/aromatic N) is 2. The molecule has 0 spiro atoms. The van der Waals surface area contributed by atoms with E-state index in [1.165, 1.54) is 20.1 Å². The van der Waals surface area contributed by atoms with Crippen molar-refractivity contribution in [2.24, 2.45) is 0 Å². The van der Waals surface area contributed by atoms with Gasteiger partial charge in [0.1, 0.15) is 0 Å². The number of thiazole rings is 1. The molecule has 0 radical (unpaired) electrons. The van der Waals surface area contributed by atoms with Crippen LogP contribution in [0, 0.1) is 13.8 Å². The molecule has 5 heteroatoms. The van der Waals surface area contributed by atoms with Crippen molar-refractivity contribution < 1.29 is 4.79 Å². The first-order chi connectivity index (χ1) is 11.6. The highest BCUT2D eigenvalue weighted by molar-refractivity contribution is 7.18. The summed E-state index contributed by atoms with van der Waals surface area (Å²) >= 11 is 3.42. The van der Waals surface area contributed by atoms with Gasteiger partial charge in [-0.25, -0.2) is 4.98 Å². The lowest BCUT2D eigenvalue weighted by atomic mass is 9.97. The molecule has 2 aromatic heterocycles. The van der Waals surface area contributed by atoms with Crippen molar-refractivity contribution in [3.63, 3.8) is 0 Å². The van der Waals surface area contributed by atoms with Gasteiger partial charge in [-0.2, -0.15) is 0 Å². The second-order valence-corrected chi connectivity index (χ2v) is 8.75. The molecule has 0 unspecified atom stereocenters. The van der Waals surface area contributed by atoms with E-state index in [0.717, 1.165) is 36.3 Å². The molecule has 1 aromatic carbocycles. The molecule has 3 aromatic rings. The molecule has 0 N–H and O–H groups in total. The van der Waals surface area contributed by atoms with Crippen LogP contribution in [0.5, 0.6) is 0 Å². The van der Waals surface area contributed by atoms with Gasteiger partial charge in [-0.05, 0) is 50.5 Å². The molecule has 0 aliphatic carbocycles. The van der Waals surface area contributed by atoms with E-state index in [1.54, 1.807) is 22.7 Å². The fraction of sp³-hybridized carbons (Fsp3) is 0.368. The largest absolute Gasteiger partial charge is 0.338 e. The number of amides is 1. The normalized spacial score (nSPS) is 16.0. The minimum atomic E-state index is 0.193. The van der Waals surface area contributed by atoms with Gasteiger partial charge in [-0.3, -0.25) is 4.79 Å². The van der Waals surface area contributed by atoms with Crippen molar-refractivity contribution in [2.75, 3.05) is 13.1 Å². The molecule has 124 valence electrons. The van der Waals surface area contributed by atoms with Crippen molar-refractivity contribution in [1.29, 1.82) is 0 Å². The minimum Gasteiger partial charge on any atom is -0.338 e. The summed E-state index contributed by atoms with van der Waals surface area (Å²) in [6.45, 7) is 5.81. The molecule has 1 aliphatic heterocycles. The molecular formula is C19H20N2OS2. The zero-order valence-electron chi connectivity index (χ0n) is 13.9. The lowest BCUT2D eigenvalue weighted by molar-refractivity contribution is 0.0718. The average Bonchev–Trinajstić information content (AvgIpc) is 3.18. The lowest BCUT2D eigenvalue weighted by Gasteiger charge is -2.30. The number of likely N-dealkylation sites (tertiary alicyclic amines) is 1. The van der Waals surface area contributed by atoms with Crippen LogP contribution >= 0.6 is 22.7 Å². The van der Waals surface area contributed by atoms with E-state index in [1.807, 2.05) is 17.0 Å². The van der Waals surface area contributed by atoms with Crippen LogP contribution in [0.2, 0.25) is 0 Å². The number of hydrogen-bond acceptors (Lipinski definition) is 4. The van der Waals surface area contributed by atoms with E-state index < -0.39 is 0 Å². The zero-order chi connectivity index (χ0) is 16.7. The predicted molar refractivity (Wildman–Crippen MR) is 101 cm³/mol. The number of benzene rings is 1. The molecule has 4 rings (SSSR count). The summed E-state index contributed by atoms with van der Waals surface area (Å²) in [7, 11) is 0. The van der Waals surface area contributed by atoms with E-state index in [2.05, 4.69) is 32.0 Å². The van der Waals surface area contributed by atoms with Gasteiger partial charge in [0.15, 0.2) is 0 Å². The van der Waals surface area contributed by atoms with Crippen molar-refractivity contribution in [3.05, 3.63) is 50.7 Å². The first-order valence-electron chi connectivity index (χ1n) is 8.33. The molecule has 0 atom stereocenters. The maximum Gasteiger partial charge on any atom is 0.263 e. The molecule has 3 heterocycles. The summed E-state index contributed by atoms with van der Waals surface area (Å²) in [4.78, 5) is 21.6. The number of carbonyl (C=O) groups excluding carboxylic acids is 1. The number of hydrogen-bond donors (Lipinski definition) is 0. The molecule has 1 aliphatic rings. The summed E-state index contributed by atoms with van der Waals surface area (Å²) in [5.74, 6) is 0.678. The van der Waals surface area contributed by atoms with Gasteiger partial charge in [0.25, 0.3) is 5.91 Å². The molecule has 1 fully saturated rings. The Morgan fingerprint density at radius 2 is 1.92 bits per heavy atom. The summed E-state index contributed by atoms with van der Waals surface area (Å²) < 4.78 is 1.26. The third-order valence-electron chi connectivity index (χ3n) is 4.82. The van der Waals surface area contributed by atoms with Crippen LogP contribution in [-0.2, 0) is 0 Å². The fourth-order valence-corrected chi connectivity index (χ4v) is 5.37. The summed E-state index contributed by atoms with van der Waals surface area (Å²) in [5, 5.41) is 1.23. The van der Waals surface area contributed by atoms with Crippen molar-refractivity contribution in [2.45, 2.75) is 32.6 Å². The second kappa shape index (κ2) is 6.30. The van der Waals surface area contributed by atoms with Gasteiger partial charge in [-0.15, -0.1) is 22.7 Å². The van der Waals surface area contributed by atoms with E-state index in [-0.39, 0.29) is 5.91 Å². The predicted octanol–water partition coefficient (Wildman–Crippen LogP) is 4.99. The number of piperidine rings is 1. The smallest absolute Gasteiger partial charge is 0.263 e. The Kier molecular flexibility index (Phi) is 4.14. The average molecular weight is 357 g/mol. The highest BCUT2D eigenvalue weighted by atomic mass is 32.1. The van der Waals surface area contributed by atoms with Gasteiger partial charge in [0.2, 0.25) is 0 Å². The molecular weight excluding hydrogens is 336 g/mol. The highest BCUT2D eigenvalue weighted by Gasteiger charge is 2.27. The summed E-state index contributed by atoms with van der Waals surface area (Å²) in [6.07, 6.45) is 2.02. The van der Waals surface area contributed by atoms with Gasteiger partial charge >= 0.3 is 0 Å². The maximum absolute atomic E-state index is 12.7. The molecule has 0 saturated carbocycles. The van der Waals surface area contributed by atoms with Crippen LogP contribution in [0.15, 0.2) is 30.3 Å². The molecule has 3 nitrogen and oxygen atoms in total. The van der Waals surface area contributed by atoms with Crippen LogP contribution in [0.4, 0.5) is 0 Å². The van der Waals surface area contributed by atoms with E-state index in [4.69, 9.17) is 4.98 Å². The third kappa shape index (κ3) is 2.87. The Morgan fingerprint density at radius 1 is 1.17 bits per heavy atom. The number of aromatic nitrogens is 1. The Balaban J connectivity index is 1.45. The van der Waals surface area contributed by atoms with Gasteiger partial charge in [0.05, 0.1) is 20.1 Å². The van der Waals surface area contributed by atoms with Crippen LogP contribution in [0.25, 0.3) is 10.2 Å². The highest BCUT2D eigenvalue weighted by Crippen LogP contribution is 2.34. The van der Waals surface area contributed by atoms with E-state index in [9.17, 15) is 4.79 Å². The third-order valence-corrected chi connectivity index (χ3v) is 7.16. The van der Waals surface area contributed by atoms with Crippen molar-refractivity contribution in [1.82, 2.24) is 9.88 Å². The Morgan fingerprint density at radius 3 is 2.58 bits per heavy atom. The number of para-hydroxylation sites is 1. The standard InChI is InChI=1S/C19H20N2OS2/c1-12-11-17(23-13(12)2)19(22)21-9-7-14(8-10-21)18-20-15-5-3-4-6-16(15)24-18/h3-6,11,14H,7-10H2,1-2H3. The first-order valence-corrected chi connectivity index (χ1v) is 9.97. The quantitative estimate of drug-likeness (QED) is 0.648. The van der Waals surface area contributed by atoms with Crippen molar-refractivity contribution >= 4 is 38.8 Å². The SMILES string of the molecule is Cc1cc(C(=O)N2CCC(c3nc4ccccc4s3)CC2)sc1C. The summed E-state index contributed by atoms with van der Waals surface area (Å²) in [6, 6.07) is 10.3. The first kappa shape index (κ1) is 15.8. The number of rotatable bonds is 2. The monoisotopic (exact) mass is 356 g/mol. The van der Waals surface area contributed by atoms with E-state index in [0.29, 0.717) is 5.92 Å². The van der Waals surface area contributed by atoms with E-state index >= 15 is 0 Å². The number of aryl methyl sites for hydroxylation is 2. The number of thiophene rings is 1. The fourth-order valence-electron chi connectivity index (χ4n) is 3.23. The van der Waals surface area contributed by atoms with Gasteiger partial charge < -0.3 is 4.90 Å². The van der Waals surface area contributed by atoms with Gasteiger partial charge in [-0.1, -0.05) is 12.1 Å². The van der Waals surface area contributed by atoms with Gasteiger partial charge in [0, 0.05) is 23.9 Å². The summed E-state index contributed by atoms with van der Waals surface area (Å²) in [5.41, 5.74) is 2.31. The van der Waals surface area contributed by atoms with Crippen LogP contribution in [-0.4, -0.2) is 28.9 Å². The molecule has 1 saturated heterocycles. The number of carbonyl (C=O) groups is 1. The maximum atomic E-state index is 12.7. The van der Waals surface area contributed by atoms with Crippen molar-refractivity contribution in [3.8, 4) is 0 Å². The Hall–Kier alpha value is -1.72.